The molecule has 1 aromatic carbocycles. The van der Waals surface area contributed by atoms with Crippen molar-refractivity contribution in [2.45, 2.75) is 26.0 Å². The molecule has 0 radical (unpaired) electrons. The van der Waals surface area contributed by atoms with Gasteiger partial charge >= 0.3 is 0 Å². The smallest absolute Gasteiger partial charge is 0.119 e. The summed E-state index contributed by atoms with van der Waals surface area (Å²) in [6.07, 6.45) is 0.308. The SMILES string of the molecule is COCCNCc1cc(OCCC(C)O)ccc1Br. The van der Waals surface area contributed by atoms with E-state index in [4.69, 9.17) is 9.47 Å². The van der Waals surface area contributed by atoms with Crippen molar-refractivity contribution in [3.05, 3.63) is 28.2 Å². The van der Waals surface area contributed by atoms with Crippen molar-refractivity contribution in [2.24, 2.45) is 0 Å². The van der Waals surface area contributed by atoms with Gasteiger partial charge in [-0.1, -0.05) is 15.9 Å². The molecule has 1 rings (SSSR count). The molecular formula is C14H22BrNO3. The summed E-state index contributed by atoms with van der Waals surface area (Å²) in [6.45, 7) is 4.56. The standard InChI is InChI=1S/C14H22BrNO3/c1-11(17)5-7-19-13-3-4-14(15)12(9-13)10-16-6-8-18-2/h3-4,9,11,16-17H,5-8,10H2,1-2H3. The number of ether oxygens (including phenoxy) is 2. The first-order valence-corrected chi connectivity index (χ1v) is 7.21. The van der Waals surface area contributed by atoms with Crippen LogP contribution < -0.4 is 10.1 Å². The van der Waals surface area contributed by atoms with Gasteiger partial charge in [-0.2, -0.15) is 0 Å². The highest BCUT2D eigenvalue weighted by Gasteiger charge is 2.03. The van der Waals surface area contributed by atoms with Crippen molar-refractivity contribution in [3.8, 4) is 5.75 Å². The maximum atomic E-state index is 9.19. The number of methoxy groups -OCH3 is 1. The van der Waals surface area contributed by atoms with Gasteiger partial charge in [0.05, 0.1) is 19.3 Å². The molecule has 0 spiro atoms. The zero-order valence-electron chi connectivity index (χ0n) is 11.5. The Morgan fingerprint density at radius 1 is 1.37 bits per heavy atom. The van der Waals surface area contributed by atoms with Crippen LogP contribution in [0.4, 0.5) is 0 Å². The van der Waals surface area contributed by atoms with E-state index in [2.05, 4.69) is 21.2 Å². The van der Waals surface area contributed by atoms with Crippen LogP contribution in [0.3, 0.4) is 0 Å². The third-order valence-corrected chi connectivity index (χ3v) is 3.39. The molecule has 1 atom stereocenters. The number of aliphatic hydroxyl groups is 1. The first-order valence-electron chi connectivity index (χ1n) is 6.42. The van der Waals surface area contributed by atoms with Crippen LogP contribution >= 0.6 is 15.9 Å². The lowest BCUT2D eigenvalue weighted by atomic mass is 10.2. The molecule has 0 saturated carbocycles. The molecule has 0 aliphatic rings. The highest BCUT2D eigenvalue weighted by molar-refractivity contribution is 9.10. The second-order valence-corrected chi connectivity index (χ2v) is 5.26. The highest BCUT2D eigenvalue weighted by Crippen LogP contribution is 2.22. The number of nitrogens with one attached hydrogen (secondary N) is 1. The van der Waals surface area contributed by atoms with Crippen molar-refractivity contribution < 1.29 is 14.6 Å². The molecule has 19 heavy (non-hydrogen) atoms. The van der Waals surface area contributed by atoms with Crippen molar-refractivity contribution in [1.82, 2.24) is 5.32 Å². The van der Waals surface area contributed by atoms with E-state index in [0.717, 1.165) is 28.9 Å². The summed E-state index contributed by atoms with van der Waals surface area (Å²) >= 11 is 3.52. The molecule has 2 N–H and O–H groups in total. The van der Waals surface area contributed by atoms with Gasteiger partial charge in [-0.05, 0) is 30.7 Å². The summed E-state index contributed by atoms with van der Waals surface area (Å²) in [5, 5.41) is 12.5. The van der Waals surface area contributed by atoms with Crippen LogP contribution in [0.2, 0.25) is 0 Å². The molecule has 0 aliphatic carbocycles. The van der Waals surface area contributed by atoms with Crippen molar-refractivity contribution in [2.75, 3.05) is 26.9 Å². The van der Waals surface area contributed by atoms with E-state index in [1.165, 1.54) is 0 Å². The second-order valence-electron chi connectivity index (χ2n) is 4.41. The van der Waals surface area contributed by atoms with Crippen LogP contribution in [0, 0.1) is 0 Å². The molecule has 0 aromatic heterocycles. The van der Waals surface area contributed by atoms with Crippen molar-refractivity contribution >= 4 is 15.9 Å². The van der Waals surface area contributed by atoms with Gasteiger partial charge in [-0.25, -0.2) is 0 Å². The maximum Gasteiger partial charge on any atom is 0.119 e. The van der Waals surface area contributed by atoms with Gasteiger partial charge in [0.2, 0.25) is 0 Å². The lowest BCUT2D eigenvalue weighted by Gasteiger charge is -2.11. The minimum atomic E-state index is -0.328. The zero-order valence-corrected chi connectivity index (χ0v) is 13.1. The fourth-order valence-corrected chi connectivity index (χ4v) is 1.91. The predicted octanol–water partition coefficient (Wildman–Crippen LogP) is 2.33. The molecule has 0 bridgehead atoms. The summed E-state index contributed by atoms with van der Waals surface area (Å²) in [4.78, 5) is 0. The van der Waals surface area contributed by atoms with E-state index in [1.54, 1.807) is 14.0 Å². The van der Waals surface area contributed by atoms with Crippen molar-refractivity contribution in [1.29, 1.82) is 0 Å². The van der Waals surface area contributed by atoms with Gasteiger partial charge in [0, 0.05) is 31.1 Å². The Labute approximate surface area is 123 Å². The molecule has 0 fully saturated rings. The van der Waals surface area contributed by atoms with E-state index in [-0.39, 0.29) is 6.10 Å². The molecular weight excluding hydrogens is 310 g/mol. The van der Waals surface area contributed by atoms with E-state index in [1.807, 2.05) is 18.2 Å². The summed E-state index contributed by atoms with van der Waals surface area (Å²) in [7, 11) is 1.69. The van der Waals surface area contributed by atoms with Crippen LogP contribution in [-0.2, 0) is 11.3 Å². The normalized spacial score (nSPS) is 12.4. The number of hydrogen-bond donors (Lipinski definition) is 2. The number of hydrogen-bond acceptors (Lipinski definition) is 4. The summed E-state index contributed by atoms with van der Waals surface area (Å²) in [5.41, 5.74) is 1.14. The fourth-order valence-electron chi connectivity index (χ4n) is 1.52. The average Bonchev–Trinajstić information content (AvgIpc) is 2.37. The maximum absolute atomic E-state index is 9.19. The number of rotatable bonds is 9. The minimum Gasteiger partial charge on any atom is -0.493 e. The number of benzene rings is 1. The molecule has 108 valence electrons. The number of aliphatic hydroxyl groups excluding tert-OH is 1. The molecule has 4 nitrogen and oxygen atoms in total. The second kappa shape index (κ2) is 9.31. The van der Waals surface area contributed by atoms with Gasteiger partial charge in [0.15, 0.2) is 0 Å². The van der Waals surface area contributed by atoms with Gasteiger partial charge in [0.1, 0.15) is 5.75 Å². The van der Waals surface area contributed by atoms with Gasteiger partial charge in [-0.3, -0.25) is 0 Å². The largest absolute Gasteiger partial charge is 0.493 e. The topological polar surface area (TPSA) is 50.7 Å². The lowest BCUT2D eigenvalue weighted by Crippen LogP contribution is -2.18. The molecule has 1 unspecified atom stereocenters. The summed E-state index contributed by atoms with van der Waals surface area (Å²) in [6, 6.07) is 5.90. The molecule has 1 aromatic rings. The van der Waals surface area contributed by atoms with E-state index >= 15 is 0 Å². The van der Waals surface area contributed by atoms with Crippen molar-refractivity contribution in [3.63, 3.8) is 0 Å². The summed E-state index contributed by atoms with van der Waals surface area (Å²) < 4.78 is 11.6. The number of halogens is 1. The Hall–Kier alpha value is -0.620. The average molecular weight is 332 g/mol. The van der Waals surface area contributed by atoms with Gasteiger partial charge < -0.3 is 19.9 Å². The molecule has 0 aliphatic heterocycles. The van der Waals surface area contributed by atoms with Crippen LogP contribution in [0.1, 0.15) is 18.9 Å². The highest BCUT2D eigenvalue weighted by atomic mass is 79.9. The van der Waals surface area contributed by atoms with Crippen LogP contribution in [0.15, 0.2) is 22.7 Å². The molecule has 0 saturated heterocycles. The van der Waals surface area contributed by atoms with Gasteiger partial charge in [-0.15, -0.1) is 0 Å². The van der Waals surface area contributed by atoms with E-state index in [9.17, 15) is 5.11 Å². The Kier molecular flexibility index (Phi) is 8.05. The van der Waals surface area contributed by atoms with Crippen LogP contribution in [-0.4, -0.2) is 38.1 Å². The summed E-state index contributed by atoms with van der Waals surface area (Å²) in [5.74, 6) is 0.826. The Morgan fingerprint density at radius 3 is 2.84 bits per heavy atom. The van der Waals surface area contributed by atoms with E-state index in [0.29, 0.717) is 19.6 Å². The third-order valence-electron chi connectivity index (χ3n) is 2.62. The first-order chi connectivity index (χ1) is 9.13. The molecule has 5 heteroatoms. The van der Waals surface area contributed by atoms with Crippen LogP contribution in [0.25, 0.3) is 0 Å². The quantitative estimate of drug-likeness (QED) is 0.682. The fraction of sp³-hybridized carbons (Fsp3) is 0.571. The van der Waals surface area contributed by atoms with Gasteiger partial charge in [0.25, 0.3) is 0 Å². The molecule has 0 amide bonds. The Balaban J connectivity index is 2.46. The minimum absolute atomic E-state index is 0.328. The lowest BCUT2D eigenvalue weighted by molar-refractivity contribution is 0.155. The van der Waals surface area contributed by atoms with E-state index < -0.39 is 0 Å². The monoisotopic (exact) mass is 331 g/mol. The Bertz CT molecular complexity index is 372. The molecule has 0 heterocycles. The predicted molar refractivity (Wildman–Crippen MR) is 79.5 cm³/mol. The zero-order chi connectivity index (χ0) is 14.1. The first kappa shape index (κ1) is 16.4. The third kappa shape index (κ3) is 6.92. The Morgan fingerprint density at radius 2 is 2.16 bits per heavy atom. The van der Waals surface area contributed by atoms with Crippen LogP contribution in [0.5, 0.6) is 5.75 Å².